The van der Waals surface area contributed by atoms with Crippen LogP contribution in [0.5, 0.6) is 5.75 Å². The van der Waals surface area contributed by atoms with Crippen molar-refractivity contribution in [2.24, 2.45) is 0 Å². The van der Waals surface area contributed by atoms with E-state index in [4.69, 9.17) is 0 Å². The highest BCUT2D eigenvalue weighted by Gasteiger charge is 2.31. The summed E-state index contributed by atoms with van der Waals surface area (Å²) in [4.78, 5) is 7.53. The number of hydrogen-bond donors (Lipinski definition) is 1. The SMILES string of the molecule is O=S(=O)(c1ccccc1)n1cc(-c2c[nH]c3ncc(-c4ccc(OC(F)(F)F)cc4)cc23)cn1. The Labute approximate surface area is 191 Å². The smallest absolute Gasteiger partial charge is 0.406 e. The first-order valence-electron chi connectivity index (χ1n) is 9.90. The van der Waals surface area contributed by atoms with Gasteiger partial charge in [-0.05, 0) is 35.9 Å². The van der Waals surface area contributed by atoms with E-state index in [1.165, 1.54) is 48.8 Å². The standard InChI is InChI=1S/C23H15F3N4O3S/c24-23(25,26)33-18-8-6-15(7-9-18)16-10-20-21(13-28-22(20)27-11-16)17-12-29-30(14-17)34(31,32)19-4-2-1-3-5-19/h1-14H,(H,27,28). The van der Waals surface area contributed by atoms with Crippen molar-refractivity contribution in [3.63, 3.8) is 0 Å². The minimum atomic E-state index is -4.76. The van der Waals surface area contributed by atoms with E-state index in [9.17, 15) is 21.6 Å². The van der Waals surface area contributed by atoms with Crippen molar-refractivity contribution in [1.29, 1.82) is 0 Å². The van der Waals surface area contributed by atoms with E-state index < -0.39 is 16.4 Å². The maximum absolute atomic E-state index is 12.8. The van der Waals surface area contributed by atoms with Crippen molar-refractivity contribution in [1.82, 2.24) is 19.2 Å². The second-order valence-corrected chi connectivity index (χ2v) is 9.11. The number of hydrogen-bond acceptors (Lipinski definition) is 5. The summed E-state index contributed by atoms with van der Waals surface area (Å²) in [5, 5.41) is 4.73. The molecule has 7 nitrogen and oxygen atoms in total. The highest BCUT2D eigenvalue weighted by Crippen LogP contribution is 2.32. The van der Waals surface area contributed by atoms with Crippen LogP contribution in [-0.4, -0.2) is 33.9 Å². The van der Waals surface area contributed by atoms with Gasteiger partial charge in [0.25, 0.3) is 10.0 Å². The van der Waals surface area contributed by atoms with E-state index >= 15 is 0 Å². The molecule has 0 radical (unpaired) electrons. The number of nitrogens with one attached hydrogen (secondary N) is 1. The van der Waals surface area contributed by atoms with Crippen LogP contribution < -0.4 is 4.74 Å². The lowest BCUT2D eigenvalue weighted by atomic mass is 10.0. The minimum Gasteiger partial charge on any atom is -0.406 e. The summed E-state index contributed by atoms with van der Waals surface area (Å²) in [7, 11) is -3.84. The topological polar surface area (TPSA) is 89.9 Å². The van der Waals surface area contributed by atoms with Crippen molar-refractivity contribution in [2.45, 2.75) is 11.3 Å². The number of H-pyrrole nitrogens is 1. The van der Waals surface area contributed by atoms with E-state index in [1.807, 2.05) is 6.07 Å². The Kier molecular flexibility index (Phi) is 5.13. The predicted octanol–water partition coefficient (Wildman–Crippen LogP) is 5.23. The summed E-state index contributed by atoms with van der Waals surface area (Å²) in [6, 6.07) is 15.2. The maximum atomic E-state index is 12.8. The Balaban J connectivity index is 1.49. The molecule has 0 saturated heterocycles. The van der Waals surface area contributed by atoms with Crippen LogP contribution in [-0.2, 0) is 10.0 Å². The van der Waals surface area contributed by atoms with Crippen molar-refractivity contribution < 1.29 is 26.3 Å². The third-order valence-electron chi connectivity index (χ3n) is 5.11. The number of alkyl halides is 3. The third-order valence-corrected chi connectivity index (χ3v) is 6.67. The van der Waals surface area contributed by atoms with Crippen LogP contribution in [0.2, 0.25) is 0 Å². The van der Waals surface area contributed by atoms with Gasteiger partial charge in [-0.15, -0.1) is 13.2 Å². The Hall–Kier alpha value is -4.12. The number of benzene rings is 2. The molecule has 0 spiro atoms. The van der Waals surface area contributed by atoms with Gasteiger partial charge in [0.15, 0.2) is 0 Å². The molecule has 172 valence electrons. The molecule has 5 rings (SSSR count). The average Bonchev–Trinajstić information content (AvgIpc) is 3.46. The van der Waals surface area contributed by atoms with Crippen LogP contribution in [0, 0.1) is 0 Å². The summed E-state index contributed by atoms with van der Waals surface area (Å²) in [5.74, 6) is -0.320. The minimum absolute atomic E-state index is 0.116. The summed E-state index contributed by atoms with van der Waals surface area (Å²) >= 11 is 0. The molecule has 0 unspecified atom stereocenters. The molecule has 0 aliphatic heterocycles. The zero-order valence-electron chi connectivity index (χ0n) is 17.2. The molecular formula is C23H15F3N4O3S. The number of nitrogens with zero attached hydrogens (tertiary/aromatic N) is 3. The molecule has 0 amide bonds. The van der Waals surface area contributed by atoms with Crippen molar-refractivity contribution >= 4 is 21.1 Å². The molecular weight excluding hydrogens is 469 g/mol. The second kappa shape index (κ2) is 8.03. The normalized spacial score (nSPS) is 12.2. The molecule has 3 heterocycles. The molecule has 3 aromatic heterocycles. The van der Waals surface area contributed by atoms with Gasteiger partial charge in [0.2, 0.25) is 0 Å². The highest BCUT2D eigenvalue weighted by atomic mass is 32.2. The van der Waals surface area contributed by atoms with Crippen LogP contribution in [0.3, 0.4) is 0 Å². The van der Waals surface area contributed by atoms with Gasteiger partial charge >= 0.3 is 6.36 Å². The first-order valence-corrected chi connectivity index (χ1v) is 11.3. The molecule has 5 aromatic rings. The van der Waals surface area contributed by atoms with Crippen molar-refractivity contribution in [3.8, 4) is 28.0 Å². The van der Waals surface area contributed by atoms with E-state index in [2.05, 4.69) is 19.8 Å². The van der Waals surface area contributed by atoms with Gasteiger partial charge in [-0.2, -0.15) is 17.6 Å². The van der Waals surface area contributed by atoms with E-state index in [0.29, 0.717) is 33.3 Å². The zero-order valence-corrected chi connectivity index (χ0v) is 18.0. The second-order valence-electron chi connectivity index (χ2n) is 7.31. The van der Waals surface area contributed by atoms with Crippen LogP contribution in [0.4, 0.5) is 13.2 Å². The lowest BCUT2D eigenvalue weighted by molar-refractivity contribution is -0.274. The van der Waals surface area contributed by atoms with E-state index in [1.54, 1.807) is 30.6 Å². The highest BCUT2D eigenvalue weighted by molar-refractivity contribution is 7.89. The van der Waals surface area contributed by atoms with E-state index in [-0.39, 0.29) is 10.6 Å². The average molecular weight is 484 g/mol. The van der Waals surface area contributed by atoms with Gasteiger partial charge in [0, 0.05) is 34.5 Å². The molecule has 1 N–H and O–H groups in total. The van der Waals surface area contributed by atoms with Crippen molar-refractivity contribution in [3.05, 3.63) is 85.5 Å². The Morgan fingerprint density at radius 1 is 0.912 bits per heavy atom. The molecule has 0 fully saturated rings. The monoisotopic (exact) mass is 484 g/mol. The van der Waals surface area contributed by atoms with Gasteiger partial charge in [0.05, 0.1) is 17.3 Å². The third kappa shape index (κ3) is 4.13. The molecule has 0 atom stereocenters. The van der Waals surface area contributed by atoms with Crippen LogP contribution >= 0.6 is 0 Å². The molecule has 0 aliphatic carbocycles. The maximum Gasteiger partial charge on any atom is 0.573 e. The Morgan fingerprint density at radius 3 is 2.35 bits per heavy atom. The van der Waals surface area contributed by atoms with Crippen LogP contribution in [0.1, 0.15) is 0 Å². The first kappa shape index (κ1) is 21.7. The molecule has 2 aromatic carbocycles. The molecule has 34 heavy (non-hydrogen) atoms. The number of pyridine rings is 1. The molecule has 0 saturated carbocycles. The van der Waals surface area contributed by atoms with Gasteiger partial charge in [0.1, 0.15) is 11.4 Å². The summed E-state index contributed by atoms with van der Waals surface area (Å²) in [5.41, 5.74) is 3.10. The van der Waals surface area contributed by atoms with Gasteiger partial charge in [-0.25, -0.2) is 4.98 Å². The molecule has 0 aliphatic rings. The van der Waals surface area contributed by atoms with Gasteiger partial charge in [-0.3, -0.25) is 0 Å². The number of fused-ring (bicyclic) bond motifs is 1. The lowest BCUT2D eigenvalue weighted by Gasteiger charge is -2.09. The number of rotatable bonds is 5. The van der Waals surface area contributed by atoms with E-state index in [0.717, 1.165) is 4.09 Å². The number of aromatic amines is 1. The van der Waals surface area contributed by atoms with Crippen LogP contribution in [0.25, 0.3) is 33.3 Å². The molecule has 0 bridgehead atoms. The summed E-state index contributed by atoms with van der Waals surface area (Å²) in [6.07, 6.45) is 1.38. The van der Waals surface area contributed by atoms with Crippen molar-refractivity contribution in [2.75, 3.05) is 0 Å². The number of halogens is 3. The van der Waals surface area contributed by atoms with Gasteiger partial charge in [-0.1, -0.05) is 30.3 Å². The lowest BCUT2D eigenvalue weighted by Crippen LogP contribution is -2.16. The fourth-order valence-corrected chi connectivity index (χ4v) is 4.67. The fraction of sp³-hybridized carbons (Fsp3) is 0.0435. The zero-order chi connectivity index (χ0) is 23.9. The first-order chi connectivity index (χ1) is 16.2. The van der Waals surface area contributed by atoms with Crippen LogP contribution in [0.15, 0.2) is 90.3 Å². The Bertz CT molecular complexity index is 1580. The molecule has 11 heteroatoms. The summed E-state index contributed by atoms with van der Waals surface area (Å²) in [6.45, 7) is 0. The summed E-state index contributed by atoms with van der Waals surface area (Å²) < 4.78 is 67.7. The predicted molar refractivity (Wildman–Crippen MR) is 118 cm³/mol. The quantitative estimate of drug-likeness (QED) is 0.369. The number of ether oxygens (including phenoxy) is 1. The fourth-order valence-electron chi connectivity index (χ4n) is 3.52. The Morgan fingerprint density at radius 2 is 1.65 bits per heavy atom. The largest absolute Gasteiger partial charge is 0.573 e. The number of aromatic nitrogens is 4. The van der Waals surface area contributed by atoms with Gasteiger partial charge < -0.3 is 9.72 Å².